The van der Waals surface area contributed by atoms with Gasteiger partial charge in [-0.3, -0.25) is 24.6 Å². The Balaban J connectivity index is 1.29. The molecular weight excluding hydrogens is 598 g/mol. The van der Waals surface area contributed by atoms with E-state index >= 15 is 0 Å². The van der Waals surface area contributed by atoms with Crippen molar-refractivity contribution in [3.8, 4) is 17.5 Å². The number of aromatic nitrogens is 3. The van der Waals surface area contributed by atoms with E-state index < -0.39 is 35.1 Å². The molecule has 15 nitrogen and oxygen atoms in total. The van der Waals surface area contributed by atoms with Gasteiger partial charge in [-0.2, -0.15) is 5.26 Å². The molecule has 0 unspecified atom stereocenters. The Labute approximate surface area is 252 Å². The summed E-state index contributed by atoms with van der Waals surface area (Å²) in [7, 11) is 0. The van der Waals surface area contributed by atoms with Crippen molar-refractivity contribution in [3.05, 3.63) is 64.7 Å². The Bertz CT molecular complexity index is 1720. The highest BCUT2D eigenvalue weighted by Gasteiger charge is 2.54. The van der Waals surface area contributed by atoms with E-state index in [1.54, 1.807) is 55.2 Å². The molecule has 0 radical (unpaired) electrons. The SMILES string of the molecule is CCO/N=C(\C(=O)N[C@@H]1C(=O)N2C(C(=O)O)=C(/C=C/Cn3ccc4nc(C(=O)NC#N)cc-4c3)CS[C@H]12)c1csc(N)n1. The van der Waals surface area contributed by atoms with Gasteiger partial charge in [-0.25, -0.2) is 14.8 Å². The summed E-state index contributed by atoms with van der Waals surface area (Å²) in [6, 6.07) is 2.31. The number of amides is 3. The van der Waals surface area contributed by atoms with Gasteiger partial charge >= 0.3 is 5.97 Å². The van der Waals surface area contributed by atoms with Crippen LogP contribution in [0.3, 0.4) is 0 Å². The Morgan fingerprint density at radius 1 is 1.35 bits per heavy atom. The summed E-state index contributed by atoms with van der Waals surface area (Å²) in [4.78, 5) is 64.7. The van der Waals surface area contributed by atoms with Gasteiger partial charge in [0.15, 0.2) is 17.0 Å². The number of nitrogens with one attached hydrogen (secondary N) is 2. The lowest BCUT2D eigenvalue weighted by Gasteiger charge is -2.49. The van der Waals surface area contributed by atoms with Crippen LogP contribution >= 0.6 is 23.1 Å². The van der Waals surface area contributed by atoms with Crippen LogP contribution in [0.25, 0.3) is 11.3 Å². The maximum absolute atomic E-state index is 13.1. The smallest absolute Gasteiger partial charge is 0.352 e. The molecule has 0 spiro atoms. The number of nitrogens with two attached hydrogens (primary N) is 1. The first kappa shape index (κ1) is 29.3. The van der Waals surface area contributed by atoms with Crippen LogP contribution < -0.4 is 16.4 Å². The van der Waals surface area contributed by atoms with Crippen molar-refractivity contribution >= 4 is 57.6 Å². The number of oxime groups is 1. The number of thiazole rings is 1. The molecule has 3 amide bonds. The quantitative estimate of drug-likeness (QED) is 0.0822. The molecule has 1 fully saturated rings. The number of nitriles is 1. The van der Waals surface area contributed by atoms with Crippen LogP contribution in [0, 0.1) is 11.5 Å². The maximum atomic E-state index is 13.1. The van der Waals surface area contributed by atoms with Crippen molar-refractivity contribution in [2.24, 2.45) is 5.16 Å². The molecule has 1 aromatic heterocycles. The molecule has 0 bridgehead atoms. The minimum Gasteiger partial charge on any atom is -0.477 e. The third-order valence-corrected chi connectivity index (χ3v) is 8.32. The summed E-state index contributed by atoms with van der Waals surface area (Å²) >= 11 is 2.44. The van der Waals surface area contributed by atoms with Gasteiger partial charge < -0.3 is 25.6 Å². The van der Waals surface area contributed by atoms with Gasteiger partial charge in [-0.05, 0) is 24.6 Å². The van der Waals surface area contributed by atoms with Gasteiger partial charge in [-0.15, -0.1) is 23.1 Å². The summed E-state index contributed by atoms with van der Waals surface area (Å²) in [6.07, 6.45) is 8.49. The standard InChI is InChI=1S/C26H23N9O6S2/c1-2-41-33-18(17-11-43-26(28)31-17)22(37)32-19-23(38)35-20(25(39)40)13(10-42-24(19)35)4-3-6-34-7-5-15-14(9-34)8-16(30-15)21(36)29-12-27/h3-5,7-9,11,19,24H,2,6,10H2,1H3,(H2,28,31)(H,29,36)(H,32,37)(H,39,40)/b4-3+,33-18-/t19-,24-/m1/s1. The lowest BCUT2D eigenvalue weighted by molar-refractivity contribution is -0.150. The van der Waals surface area contributed by atoms with Gasteiger partial charge in [0.2, 0.25) is 0 Å². The Kier molecular flexibility index (Phi) is 8.41. The van der Waals surface area contributed by atoms with Crippen molar-refractivity contribution < 1.29 is 29.1 Å². The van der Waals surface area contributed by atoms with Crippen LogP contribution in [0.2, 0.25) is 0 Å². The molecule has 5 N–H and O–H groups in total. The molecular formula is C26H23N9O6S2. The fourth-order valence-corrected chi connectivity index (χ4v) is 6.31. The number of aliphatic carboxylic acids is 1. The third kappa shape index (κ3) is 5.91. The molecule has 1 aromatic rings. The monoisotopic (exact) mass is 621 g/mol. The second-order valence-electron chi connectivity index (χ2n) is 9.06. The van der Waals surface area contributed by atoms with Gasteiger partial charge in [0.25, 0.3) is 17.7 Å². The summed E-state index contributed by atoms with van der Waals surface area (Å²) in [5.41, 5.74) is 7.41. The first-order valence-electron chi connectivity index (χ1n) is 12.7. The maximum Gasteiger partial charge on any atom is 0.352 e. The van der Waals surface area contributed by atoms with Crippen molar-refractivity contribution in [3.63, 3.8) is 0 Å². The van der Waals surface area contributed by atoms with E-state index in [0.29, 0.717) is 23.4 Å². The highest BCUT2D eigenvalue weighted by molar-refractivity contribution is 8.00. The van der Waals surface area contributed by atoms with Crippen molar-refractivity contribution in [2.75, 3.05) is 18.1 Å². The zero-order valence-electron chi connectivity index (χ0n) is 22.4. The molecule has 4 aliphatic rings. The summed E-state index contributed by atoms with van der Waals surface area (Å²) in [5.74, 6) is -2.84. The minimum absolute atomic E-state index is 0.120. The zero-order chi connectivity index (χ0) is 30.7. The van der Waals surface area contributed by atoms with Crippen LogP contribution in [-0.2, 0) is 25.8 Å². The molecule has 5 rings (SSSR count). The number of carbonyl (C=O) groups excluding carboxylic acids is 3. The minimum atomic E-state index is -1.26. The van der Waals surface area contributed by atoms with Gasteiger partial charge in [0, 0.05) is 35.6 Å². The largest absolute Gasteiger partial charge is 0.477 e. The van der Waals surface area contributed by atoms with E-state index in [4.69, 9.17) is 15.8 Å². The van der Waals surface area contributed by atoms with Crippen molar-refractivity contribution in [1.82, 2.24) is 30.1 Å². The fraction of sp³-hybridized carbons (Fsp3) is 0.231. The number of allylic oxidation sites excluding steroid dienone is 2. The molecule has 0 aliphatic carbocycles. The molecule has 0 aromatic carbocycles. The van der Waals surface area contributed by atoms with E-state index in [1.165, 1.54) is 16.7 Å². The summed E-state index contributed by atoms with van der Waals surface area (Å²) in [6.45, 7) is 2.26. The average Bonchev–Trinajstić information content (AvgIpc) is 3.61. The number of rotatable bonds is 10. The number of fused-ring (bicyclic) bond motifs is 2. The van der Waals surface area contributed by atoms with Crippen LogP contribution in [0.1, 0.15) is 23.1 Å². The molecule has 1 saturated heterocycles. The predicted molar refractivity (Wildman–Crippen MR) is 155 cm³/mol. The molecule has 0 saturated carbocycles. The fourth-order valence-electron chi connectivity index (χ4n) is 4.44. The number of nitrogens with zero attached hydrogens (tertiary/aromatic N) is 6. The highest BCUT2D eigenvalue weighted by atomic mass is 32.2. The number of hydrogen-bond donors (Lipinski definition) is 4. The second kappa shape index (κ2) is 12.3. The topological polar surface area (TPSA) is 218 Å². The van der Waals surface area contributed by atoms with Crippen molar-refractivity contribution in [1.29, 1.82) is 5.26 Å². The molecule has 220 valence electrons. The van der Waals surface area contributed by atoms with Crippen LogP contribution in [-0.4, -0.2) is 77.7 Å². The van der Waals surface area contributed by atoms with E-state index in [9.17, 15) is 24.3 Å². The first-order valence-corrected chi connectivity index (χ1v) is 14.6. The lowest BCUT2D eigenvalue weighted by atomic mass is 10.0. The number of carboxylic acids is 1. The molecule has 2 atom stereocenters. The molecule has 4 aliphatic heterocycles. The predicted octanol–water partition coefficient (Wildman–Crippen LogP) is 0.973. The zero-order valence-corrected chi connectivity index (χ0v) is 24.0. The second-order valence-corrected chi connectivity index (χ2v) is 11.1. The van der Waals surface area contributed by atoms with Crippen LogP contribution in [0.15, 0.2) is 58.5 Å². The van der Waals surface area contributed by atoms with E-state index in [-0.39, 0.29) is 40.3 Å². The number of carboxylic acid groups (broad SMARTS) is 1. The van der Waals surface area contributed by atoms with E-state index in [1.807, 2.05) is 9.88 Å². The number of nitrogen functional groups attached to an aromatic ring is 1. The van der Waals surface area contributed by atoms with Gasteiger partial charge in [0.05, 0.1) is 5.69 Å². The normalized spacial score (nSPS) is 18.3. The number of hydrogen-bond acceptors (Lipinski definition) is 12. The Hall–Kier alpha value is -5.21. The van der Waals surface area contributed by atoms with Crippen molar-refractivity contribution in [2.45, 2.75) is 24.9 Å². The highest BCUT2D eigenvalue weighted by Crippen LogP contribution is 2.40. The Morgan fingerprint density at radius 3 is 2.86 bits per heavy atom. The van der Waals surface area contributed by atoms with Gasteiger partial charge in [-0.1, -0.05) is 17.3 Å². The van der Waals surface area contributed by atoms with Gasteiger partial charge in [0.1, 0.15) is 35.1 Å². The first-order chi connectivity index (χ1) is 20.7. The Morgan fingerprint density at radius 2 is 2.16 bits per heavy atom. The number of pyridine rings is 1. The molecule has 17 heteroatoms. The average molecular weight is 622 g/mol. The number of β-lactam (4-membered cyclic amide) rings is 1. The third-order valence-electron chi connectivity index (χ3n) is 6.35. The number of anilines is 1. The number of thioether (sulfide) groups is 1. The molecule has 5 heterocycles. The van der Waals surface area contributed by atoms with E-state index in [2.05, 4.69) is 20.4 Å². The summed E-state index contributed by atoms with van der Waals surface area (Å²) in [5, 5.41) is 28.3. The van der Waals surface area contributed by atoms with Crippen LogP contribution in [0.4, 0.5) is 5.13 Å². The molecule has 43 heavy (non-hydrogen) atoms. The van der Waals surface area contributed by atoms with E-state index in [0.717, 1.165) is 11.3 Å². The van der Waals surface area contributed by atoms with Crippen LogP contribution in [0.5, 0.6) is 0 Å². The summed E-state index contributed by atoms with van der Waals surface area (Å²) < 4.78 is 1.81. The lowest BCUT2D eigenvalue weighted by Crippen LogP contribution is -2.71. The number of carbonyl (C=O) groups is 4.